The molecule has 0 unspecified atom stereocenters. The third kappa shape index (κ3) is 3.39. The predicted octanol–water partition coefficient (Wildman–Crippen LogP) is 3.29. The number of benzene rings is 1. The largest absolute Gasteiger partial charge is 0.334 e. The van der Waals surface area contributed by atoms with Crippen LogP contribution in [0, 0.1) is 6.92 Å². The lowest BCUT2D eigenvalue weighted by Gasteiger charge is -2.25. The van der Waals surface area contributed by atoms with Crippen LogP contribution in [0.3, 0.4) is 0 Å². The number of rotatable bonds is 4. The highest BCUT2D eigenvalue weighted by Gasteiger charge is 2.21. The molecule has 22 heavy (non-hydrogen) atoms. The maximum absolute atomic E-state index is 12.5. The average molecular weight is 337 g/mol. The van der Waals surface area contributed by atoms with Gasteiger partial charge in [0.1, 0.15) is 0 Å². The highest BCUT2D eigenvalue weighted by Crippen LogP contribution is 2.25. The summed E-state index contributed by atoms with van der Waals surface area (Å²) in [6, 6.07) is 8.46. The van der Waals surface area contributed by atoms with Gasteiger partial charge in [0.2, 0.25) is 0 Å². The Morgan fingerprint density at radius 2 is 1.77 bits per heavy atom. The van der Waals surface area contributed by atoms with Crippen LogP contribution in [0.25, 0.3) is 0 Å². The van der Waals surface area contributed by atoms with E-state index in [1.54, 1.807) is 36.2 Å². The van der Waals surface area contributed by atoms with E-state index < -0.39 is 9.84 Å². The summed E-state index contributed by atoms with van der Waals surface area (Å²) in [5.41, 5.74) is 1.87. The molecule has 0 fully saturated rings. The molecular formula is C16H19NO3S2. The summed E-state index contributed by atoms with van der Waals surface area (Å²) in [5, 5.41) is 1.90. The Balaban J connectivity index is 2.22. The fourth-order valence-electron chi connectivity index (χ4n) is 2.15. The van der Waals surface area contributed by atoms with Gasteiger partial charge in [0.25, 0.3) is 5.91 Å². The summed E-state index contributed by atoms with van der Waals surface area (Å²) < 4.78 is 23.0. The molecule has 0 saturated heterocycles. The lowest BCUT2D eigenvalue weighted by Crippen LogP contribution is -2.29. The molecule has 0 spiro atoms. The molecule has 2 rings (SSSR count). The number of nitrogens with zero attached hydrogens (tertiary/aromatic N) is 1. The maximum atomic E-state index is 12.5. The van der Waals surface area contributed by atoms with Crippen LogP contribution in [0.5, 0.6) is 0 Å². The number of carbonyl (C=O) groups excluding carboxylic acids is 1. The lowest BCUT2D eigenvalue weighted by atomic mass is 10.1. The van der Waals surface area contributed by atoms with Gasteiger partial charge in [0.05, 0.1) is 15.8 Å². The summed E-state index contributed by atoms with van der Waals surface area (Å²) in [5.74, 6) is -0.0211. The third-order valence-corrected chi connectivity index (χ3v) is 5.88. The van der Waals surface area contributed by atoms with Crippen molar-refractivity contribution in [2.24, 2.45) is 0 Å². The van der Waals surface area contributed by atoms with E-state index in [4.69, 9.17) is 0 Å². The molecule has 0 aliphatic rings. The van der Waals surface area contributed by atoms with Gasteiger partial charge in [-0.2, -0.15) is 0 Å². The van der Waals surface area contributed by atoms with Crippen LogP contribution >= 0.6 is 11.3 Å². The zero-order valence-electron chi connectivity index (χ0n) is 13.0. The van der Waals surface area contributed by atoms with Crippen LogP contribution in [0.15, 0.2) is 40.6 Å². The van der Waals surface area contributed by atoms with Crippen LogP contribution < -0.4 is 0 Å². The normalized spacial score (nSPS) is 12.9. The van der Waals surface area contributed by atoms with Crippen LogP contribution in [0.4, 0.5) is 0 Å². The Morgan fingerprint density at radius 3 is 2.23 bits per heavy atom. The molecular weight excluding hydrogens is 318 g/mol. The summed E-state index contributed by atoms with van der Waals surface area (Å²) in [6.07, 6.45) is 1.18. The van der Waals surface area contributed by atoms with Crippen molar-refractivity contribution in [1.82, 2.24) is 4.90 Å². The zero-order chi connectivity index (χ0) is 16.5. The molecule has 1 amide bonds. The minimum absolute atomic E-state index is 0.0211. The van der Waals surface area contributed by atoms with Gasteiger partial charge in [-0.05, 0) is 48.6 Å². The van der Waals surface area contributed by atoms with Gasteiger partial charge in [-0.25, -0.2) is 8.42 Å². The van der Waals surface area contributed by atoms with E-state index in [1.807, 2.05) is 25.3 Å². The number of amides is 1. The molecule has 0 aliphatic carbocycles. The first-order chi connectivity index (χ1) is 10.2. The second-order valence-corrected chi connectivity index (χ2v) is 8.30. The van der Waals surface area contributed by atoms with Crippen molar-refractivity contribution in [3.05, 3.63) is 51.7 Å². The number of thiophene rings is 1. The van der Waals surface area contributed by atoms with Gasteiger partial charge in [-0.1, -0.05) is 12.1 Å². The van der Waals surface area contributed by atoms with Gasteiger partial charge >= 0.3 is 0 Å². The van der Waals surface area contributed by atoms with Crippen LogP contribution in [0.2, 0.25) is 0 Å². The summed E-state index contributed by atoms with van der Waals surface area (Å²) in [4.78, 5) is 15.2. The number of hydrogen-bond donors (Lipinski definition) is 0. The van der Waals surface area contributed by atoms with Crippen molar-refractivity contribution in [3.63, 3.8) is 0 Å². The molecule has 118 valence electrons. The number of hydrogen-bond acceptors (Lipinski definition) is 4. The van der Waals surface area contributed by atoms with Crippen molar-refractivity contribution in [3.8, 4) is 0 Å². The van der Waals surface area contributed by atoms with E-state index in [2.05, 4.69) is 0 Å². The van der Waals surface area contributed by atoms with Crippen molar-refractivity contribution < 1.29 is 13.2 Å². The van der Waals surface area contributed by atoms with Crippen LogP contribution in [0.1, 0.15) is 33.8 Å². The monoisotopic (exact) mass is 337 g/mol. The van der Waals surface area contributed by atoms with Gasteiger partial charge in [-0.15, -0.1) is 11.3 Å². The lowest BCUT2D eigenvalue weighted by molar-refractivity contribution is 0.0747. The third-order valence-electron chi connectivity index (χ3n) is 3.75. The standard InChI is InChI=1S/C16H19NO3S2/c1-11-9-10-21-15(11)16(18)17(3)12(2)13-5-7-14(8-6-13)22(4,19)20/h5-10,12H,1-4H3/t12-/m0/s1. The minimum Gasteiger partial charge on any atom is -0.334 e. The highest BCUT2D eigenvalue weighted by molar-refractivity contribution is 7.90. The van der Waals surface area contributed by atoms with E-state index in [1.165, 1.54) is 17.6 Å². The first kappa shape index (κ1) is 16.7. The molecule has 0 N–H and O–H groups in total. The Labute approximate surface area is 135 Å². The second kappa shape index (κ2) is 6.22. The zero-order valence-corrected chi connectivity index (χ0v) is 14.7. The fraction of sp³-hybridized carbons (Fsp3) is 0.312. The molecule has 0 bridgehead atoms. The number of sulfone groups is 1. The van der Waals surface area contributed by atoms with E-state index in [-0.39, 0.29) is 16.8 Å². The van der Waals surface area contributed by atoms with Crippen molar-refractivity contribution in [2.75, 3.05) is 13.3 Å². The van der Waals surface area contributed by atoms with E-state index in [0.717, 1.165) is 16.0 Å². The highest BCUT2D eigenvalue weighted by atomic mass is 32.2. The molecule has 1 heterocycles. The molecule has 1 atom stereocenters. The molecule has 0 aliphatic heterocycles. The Kier molecular flexibility index (Phi) is 4.72. The van der Waals surface area contributed by atoms with Gasteiger partial charge in [0, 0.05) is 13.3 Å². The van der Waals surface area contributed by atoms with E-state index in [0.29, 0.717) is 0 Å². The van der Waals surface area contributed by atoms with Gasteiger partial charge < -0.3 is 4.90 Å². The van der Waals surface area contributed by atoms with Gasteiger partial charge in [-0.3, -0.25) is 4.79 Å². The number of aryl methyl sites for hydroxylation is 1. The summed E-state index contributed by atoms with van der Waals surface area (Å²) in [7, 11) is -1.44. The fourth-order valence-corrected chi connectivity index (χ4v) is 3.68. The minimum atomic E-state index is -3.20. The summed E-state index contributed by atoms with van der Waals surface area (Å²) in [6.45, 7) is 3.85. The summed E-state index contributed by atoms with van der Waals surface area (Å²) >= 11 is 1.43. The molecule has 0 radical (unpaired) electrons. The quantitative estimate of drug-likeness (QED) is 0.860. The molecule has 0 saturated carbocycles. The first-order valence-corrected chi connectivity index (χ1v) is 9.60. The van der Waals surface area contributed by atoms with E-state index >= 15 is 0 Å². The molecule has 1 aromatic heterocycles. The van der Waals surface area contributed by atoms with E-state index in [9.17, 15) is 13.2 Å². The van der Waals surface area contributed by atoms with Crippen molar-refractivity contribution in [2.45, 2.75) is 24.8 Å². The van der Waals surface area contributed by atoms with Crippen molar-refractivity contribution >= 4 is 27.1 Å². The molecule has 6 heteroatoms. The Morgan fingerprint density at radius 1 is 1.18 bits per heavy atom. The maximum Gasteiger partial charge on any atom is 0.264 e. The molecule has 1 aromatic carbocycles. The molecule has 2 aromatic rings. The van der Waals surface area contributed by atoms with Crippen LogP contribution in [-0.2, 0) is 9.84 Å². The Hall–Kier alpha value is -1.66. The number of carbonyl (C=O) groups is 1. The smallest absolute Gasteiger partial charge is 0.264 e. The topological polar surface area (TPSA) is 54.5 Å². The molecule has 4 nitrogen and oxygen atoms in total. The SMILES string of the molecule is Cc1ccsc1C(=O)N(C)[C@@H](C)c1ccc(S(C)(=O)=O)cc1. The predicted molar refractivity (Wildman–Crippen MR) is 89.1 cm³/mol. The Bertz CT molecular complexity index is 776. The second-order valence-electron chi connectivity index (χ2n) is 5.37. The first-order valence-electron chi connectivity index (χ1n) is 6.83. The van der Waals surface area contributed by atoms with Gasteiger partial charge in [0.15, 0.2) is 9.84 Å². The van der Waals surface area contributed by atoms with Crippen molar-refractivity contribution in [1.29, 1.82) is 0 Å². The van der Waals surface area contributed by atoms with Crippen LogP contribution in [-0.4, -0.2) is 32.5 Å². The average Bonchev–Trinajstić information content (AvgIpc) is 2.90.